The molecule has 2 saturated heterocycles. The molecule has 2 N–H and O–H groups in total. The minimum absolute atomic E-state index is 0. The van der Waals surface area contributed by atoms with Gasteiger partial charge in [0.15, 0.2) is 5.96 Å². The third-order valence-electron chi connectivity index (χ3n) is 6.10. The molecular formula is C23H43IN8. The van der Waals surface area contributed by atoms with Crippen molar-refractivity contribution in [3.8, 4) is 0 Å². The van der Waals surface area contributed by atoms with Gasteiger partial charge in [0, 0.05) is 58.2 Å². The van der Waals surface area contributed by atoms with Crippen LogP contribution < -0.4 is 15.5 Å². The van der Waals surface area contributed by atoms with Gasteiger partial charge in [-0.25, -0.2) is 9.97 Å². The van der Waals surface area contributed by atoms with Crippen molar-refractivity contribution in [3.05, 3.63) is 18.5 Å². The molecule has 0 aliphatic carbocycles. The molecule has 3 rings (SSSR count). The second-order valence-electron chi connectivity index (χ2n) is 8.53. The number of nitrogens with zero attached hydrogens (tertiary/aromatic N) is 6. The van der Waals surface area contributed by atoms with E-state index in [1.807, 2.05) is 18.5 Å². The number of hydrogen-bond acceptors (Lipinski definition) is 6. The topological polar surface area (TPSA) is 71.9 Å². The average molecular weight is 559 g/mol. The molecule has 2 aliphatic heterocycles. The Morgan fingerprint density at radius 3 is 2.22 bits per heavy atom. The summed E-state index contributed by atoms with van der Waals surface area (Å²) in [5.41, 5.74) is 0. The summed E-state index contributed by atoms with van der Waals surface area (Å²) in [5.74, 6) is 1.82. The van der Waals surface area contributed by atoms with Crippen molar-refractivity contribution in [2.75, 3.05) is 76.9 Å². The lowest BCUT2D eigenvalue weighted by molar-refractivity contribution is 0.254. The summed E-state index contributed by atoms with van der Waals surface area (Å²) >= 11 is 0. The first kappa shape index (κ1) is 27.0. The zero-order valence-electron chi connectivity index (χ0n) is 19.8. The lowest BCUT2D eigenvalue weighted by Crippen LogP contribution is -2.47. The third kappa shape index (κ3) is 10.2. The molecule has 1 aromatic rings. The van der Waals surface area contributed by atoms with Gasteiger partial charge in [-0.1, -0.05) is 12.8 Å². The minimum atomic E-state index is 0. The van der Waals surface area contributed by atoms with Crippen LogP contribution in [0.25, 0.3) is 0 Å². The Labute approximate surface area is 211 Å². The van der Waals surface area contributed by atoms with Crippen molar-refractivity contribution >= 4 is 35.9 Å². The normalized spacial score (nSPS) is 18.7. The van der Waals surface area contributed by atoms with Crippen LogP contribution >= 0.6 is 24.0 Å². The number of aromatic nitrogens is 2. The maximum atomic E-state index is 4.78. The number of piperazine rings is 1. The molecule has 3 heterocycles. The molecule has 2 fully saturated rings. The number of hydrogen-bond donors (Lipinski definition) is 2. The van der Waals surface area contributed by atoms with Crippen LogP contribution in [0.3, 0.4) is 0 Å². The van der Waals surface area contributed by atoms with E-state index in [0.29, 0.717) is 0 Å². The molecule has 0 amide bonds. The van der Waals surface area contributed by atoms with Gasteiger partial charge in [0.1, 0.15) is 0 Å². The maximum absolute atomic E-state index is 4.78. The van der Waals surface area contributed by atoms with Crippen molar-refractivity contribution in [2.24, 2.45) is 4.99 Å². The van der Waals surface area contributed by atoms with Crippen LogP contribution in [0.1, 0.15) is 45.4 Å². The van der Waals surface area contributed by atoms with Gasteiger partial charge in [-0.15, -0.1) is 24.0 Å². The summed E-state index contributed by atoms with van der Waals surface area (Å²) in [6.45, 7) is 13.9. The molecule has 2 aliphatic rings. The predicted octanol–water partition coefficient (Wildman–Crippen LogP) is 2.43. The molecule has 1 aromatic heterocycles. The Morgan fingerprint density at radius 1 is 0.875 bits per heavy atom. The van der Waals surface area contributed by atoms with Gasteiger partial charge < -0.3 is 20.4 Å². The molecule has 0 aromatic carbocycles. The standard InChI is InChI=1S/C23H42N8.HI/c1-2-24-22(25-12-8-16-29-14-5-3-4-6-15-29)26-13-9-17-30-18-20-31(21-19-30)23-27-10-7-11-28-23;/h7,10-11H,2-6,8-9,12-21H2,1H3,(H2,24,25,26);1H. The van der Waals surface area contributed by atoms with Gasteiger partial charge in [0.25, 0.3) is 0 Å². The van der Waals surface area contributed by atoms with Gasteiger partial charge in [-0.2, -0.15) is 0 Å². The zero-order chi connectivity index (χ0) is 21.6. The monoisotopic (exact) mass is 558 g/mol. The number of halogens is 1. The van der Waals surface area contributed by atoms with E-state index >= 15 is 0 Å². The Kier molecular flexibility index (Phi) is 13.9. The average Bonchev–Trinajstić information content (AvgIpc) is 3.09. The number of rotatable bonds is 10. The van der Waals surface area contributed by atoms with E-state index in [-0.39, 0.29) is 24.0 Å². The minimum Gasteiger partial charge on any atom is -0.357 e. The Hall–Kier alpha value is -1.20. The predicted molar refractivity (Wildman–Crippen MR) is 144 cm³/mol. The molecule has 0 radical (unpaired) electrons. The first-order valence-corrected chi connectivity index (χ1v) is 12.3. The maximum Gasteiger partial charge on any atom is 0.225 e. The van der Waals surface area contributed by atoms with E-state index in [4.69, 9.17) is 4.99 Å². The van der Waals surface area contributed by atoms with Gasteiger partial charge in [0.05, 0.1) is 0 Å². The van der Waals surface area contributed by atoms with Crippen molar-refractivity contribution in [1.82, 2.24) is 30.4 Å². The lowest BCUT2D eigenvalue weighted by Gasteiger charge is -2.34. The Bertz CT molecular complexity index is 614. The summed E-state index contributed by atoms with van der Waals surface area (Å²) in [4.78, 5) is 20.9. The number of aliphatic imine (C=N–C) groups is 1. The third-order valence-corrected chi connectivity index (χ3v) is 6.10. The van der Waals surface area contributed by atoms with Crippen LogP contribution in [-0.2, 0) is 0 Å². The molecule has 0 bridgehead atoms. The molecule has 9 heteroatoms. The van der Waals surface area contributed by atoms with Crippen LogP contribution in [0.2, 0.25) is 0 Å². The van der Waals surface area contributed by atoms with E-state index in [9.17, 15) is 0 Å². The summed E-state index contributed by atoms with van der Waals surface area (Å²) in [5, 5.41) is 6.90. The number of guanidine groups is 1. The van der Waals surface area contributed by atoms with E-state index in [2.05, 4.69) is 42.2 Å². The molecule has 0 spiro atoms. The molecule has 32 heavy (non-hydrogen) atoms. The summed E-state index contributed by atoms with van der Waals surface area (Å²) in [7, 11) is 0. The highest BCUT2D eigenvalue weighted by molar-refractivity contribution is 14.0. The molecule has 0 saturated carbocycles. The fourth-order valence-corrected chi connectivity index (χ4v) is 4.32. The van der Waals surface area contributed by atoms with Crippen LogP contribution in [-0.4, -0.2) is 97.7 Å². The van der Waals surface area contributed by atoms with Gasteiger partial charge >= 0.3 is 0 Å². The van der Waals surface area contributed by atoms with E-state index in [0.717, 1.165) is 77.1 Å². The largest absolute Gasteiger partial charge is 0.357 e. The van der Waals surface area contributed by atoms with Gasteiger partial charge in [-0.05, 0) is 64.9 Å². The van der Waals surface area contributed by atoms with Crippen LogP contribution in [0.5, 0.6) is 0 Å². The van der Waals surface area contributed by atoms with Crippen LogP contribution in [0.4, 0.5) is 5.95 Å². The first-order valence-electron chi connectivity index (χ1n) is 12.3. The van der Waals surface area contributed by atoms with Crippen molar-refractivity contribution in [3.63, 3.8) is 0 Å². The summed E-state index contributed by atoms with van der Waals surface area (Å²) < 4.78 is 0. The van der Waals surface area contributed by atoms with Crippen molar-refractivity contribution in [2.45, 2.75) is 45.4 Å². The number of anilines is 1. The fourth-order valence-electron chi connectivity index (χ4n) is 4.32. The quantitative estimate of drug-likeness (QED) is 0.198. The molecule has 182 valence electrons. The van der Waals surface area contributed by atoms with E-state index in [1.165, 1.54) is 45.3 Å². The van der Waals surface area contributed by atoms with E-state index in [1.54, 1.807) is 0 Å². The zero-order valence-corrected chi connectivity index (χ0v) is 22.2. The molecule has 8 nitrogen and oxygen atoms in total. The van der Waals surface area contributed by atoms with E-state index < -0.39 is 0 Å². The number of nitrogens with one attached hydrogen (secondary N) is 2. The SMILES string of the molecule is CCNC(=NCCCN1CCCCCC1)NCCCN1CCN(c2ncccn2)CC1.I. The second-order valence-corrected chi connectivity index (χ2v) is 8.53. The van der Waals surface area contributed by atoms with Crippen molar-refractivity contribution in [1.29, 1.82) is 0 Å². The van der Waals surface area contributed by atoms with Crippen molar-refractivity contribution < 1.29 is 0 Å². The summed E-state index contributed by atoms with van der Waals surface area (Å²) in [6.07, 6.45) is 11.4. The fraction of sp³-hybridized carbons (Fsp3) is 0.783. The molecule has 0 unspecified atom stereocenters. The molecule has 0 atom stereocenters. The van der Waals surface area contributed by atoms with Crippen LogP contribution in [0.15, 0.2) is 23.5 Å². The smallest absolute Gasteiger partial charge is 0.225 e. The Balaban J connectivity index is 0.00000363. The lowest BCUT2D eigenvalue weighted by atomic mass is 10.2. The highest BCUT2D eigenvalue weighted by atomic mass is 127. The van der Waals surface area contributed by atoms with Crippen LogP contribution in [0, 0.1) is 0 Å². The summed E-state index contributed by atoms with van der Waals surface area (Å²) in [6, 6.07) is 1.87. The highest BCUT2D eigenvalue weighted by Crippen LogP contribution is 2.10. The molecular weight excluding hydrogens is 515 g/mol. The van der Waals surface area contributed by atoms with Gasteiger partial charge in [0.2, 0.25) is 5.95 Å². The Morgan fingerprint density at radius 2 is 1.53 bits per heavy atom. The highest BCUT2D eigenvalue weighted by Gasteiger charge is 2.18. The second kappa shape index (κ2) is 16.4. The first-order chi connectivity index (χ1) is 15.3. The van der Waals surface area contributed by atoms with Gasteiger partial charge in [-0.3, -0.25) is 9.89 Å². The number of likely N-dealkylation sites (tertiary alicyclic amines) is 1.